The van der Waals surface area contributed by atoms with E-state index in [9.17, 15) is 0 Å². The lowest BCUT2D eigenvalue weighted by Crippen LogP contribution is -2.27. The minimum atomic E-state index is -0.0942. The monoisotopic (exact) mass is 466 g/mol. The van der Waals surface area contributed by atoms with Crippen molar-refractivity contribution in [2.75, 3.05) is 0 Å². The Morgan fingerprint density at radius 3 is 1.97 bits per heavy atom. The molecule has 2 heteroatoms. The zero-order chi connectivity index (χ0) is 22.3. The van der Waals surface area contributed by atoms with Crippen molar-refractivity contribution in [1.82, 2.24) is 0 Å². The Morgan fingerprint density at radius 2 is 1.38 bits per heavy atom. The fraction of sp³-hybridized carbons (Fsp3) is 0.600. The molecule has 0 aromatic heterocycles. The molecule has 0 heterocycles. The standard InChI is InChI=1S/C30H44P2/c1-3-13-23-21-24(14-4-2)30(28(31)22-23)27-19-11-12-20-29(27)32(25-15-7-5-8-16-25)26-17-9-6-10-18-26/h11-12,19-22,25-26H,3-10,13-18,31H2,1-2H3. The molecule has 1 atom stereocenters. The Hall–Kier alpha value is -0.700. The van der Waals surface area contributed by atoms with Gasteiger partial charge in [-0.15, -0.1) is 9.24 Å². The molecule has 0 N–H and O–H groups in total. The minimum Gasteiger partial charge on any atom is -0.105 e. The summed E-state index contributed by atoms with van der Waals surface area (Å²) >= 11 is 0. The number of hydrogen-bond donors (Lipinski definition) is 0. The zero-order valence-electron chi connectivity index (χ0n) is 20.5. The SMILES string of the molecule is CCCc1cc(P)c(-c2ccccc2P(C2CCCCC2)C2CCCCC2)c(CCC)c1. The molecule has 0 nitrogen and oxygen atoms in total. The van der Waals surface area contributed by atoms with E-state index in [2.05, 4.69) is 59.5 Å². The highest BCUT2D eigenvalue weighted by molar-refractivity contribution is 7.67. The van der Waals surface area contributed by atoms with Crippen molar-refractivity contribution in [2.45, 2.75) is 115 Å². The van der Waals surface area contributed by atoms with Crippen LogP contribution in [0.3, 0.4) is 0 Å². The molecule has 2 aromatic carbocycles. The summed E-state index contributed by atoms with van der Waals surface area (Å²) in [6.45, 7) is 4.63. The van der Waals surface area contributed by atoms with Gasteiger partial charge in [-0.1, -0.05) is 110 Å². The van der Waals surface area contributed by atoms with E-state index < -0.39 is 0 Å². The third kappa shape index (κ3) is 5.68. The van der Waals surface area contributed by atoms with Crippen molar-refractivity contribution in [3.8, 4) is 11.1 Å². The average Bonchev–Trinajstić information content (AvgIpc) is 2.82. The summed E-state index contributed by atoms with van der Waals surface area (Å²) < 4.78 is 0. The topological polar surface area (TPSA) is 0 Å². The van der Waals surface area contributed by atoms with E-state index in [0.717, 1.165) is 11.3 Å². The van der Waals surface area contributed by atoms with E-state index in [1.807, 2.05) is 0 Å². The van der Waals surface area contributed by atoms with Crippen LogP contribution in [-0.4, -0.2) is 11.3 Å². The quantitative estimate of drug-likeness (QED) is 0.342. The normalized spacial score (nSPS) is 18.4. The van der Waals surface area contributed by atoms with Gasteiger partial charge in [-0.25, -0.2) is 0 Å². The highest BCUT2D eigenvalue weighted by Gasteiger charge is 2.34. The lowest BCUT2D eigenvalue weighted by Gasteiger charge is -2.40. The summed E-state index contributed by atoms with van der Waals surface area (Å²) in [6, 6.07) is 14.7. The summed E-state index contributed by atoms with van der Waals surface area (Å²) in [5, 5.41) is 3.17. The highest BCUT2D eigenvalue weighted by atomic mass is 31.1. The van der Waals surface area contributed by atoms with Crippen LogP contribution < -0.4 is 10.6 Å². The lowest BCUT2D eigenvalue weighted by atomic mass is 9.93. The van der Waals surface area contributed by atoms with Crippen LogP contribution in [0, 0.1) is 0 Å². The van der Waals surface area contributed by atoms with Gasteiger partial charge in [-0.3, -0.25) is 0 Å². The molecule has 1 unspecified atom stereocenters. The van der Waals surface area contributed by atoms with Gasteiger partial charge in [0.15, 0.2) is 0 Å². The van der Waals surface area contributed by atoms with Crippen LogP contribution in [0.25, 0.3) is 11.1 Å². The molecule has 0 bridgehead atoms. The number of aryl methyl sites for hydroxylation is 2. The van der Waals surface area contributed by atoms with E-state index >= 15 is 0 Å². The molecule has 2 aromatic rings. The molecule has 0 aliphatic heterocycles. The van der Waals surface area contributed by atoms with Crippen LogP contribution in [0.5, 0.6) is 0 Å². The smallest absolute Gasteiger partial charge is 0.00736 e. The molecule has 0 saturated heterocycles. The van der Waals surface area contributed by atoms with Crippen LogP contribution in [0.15, 0.2) is 36.4 Å². The van der Waals surface area contributed by atoms with Gasteiger partial charge >= 0.3 is 0 Å². The molecule has 2 aliphatic carbocycles. The largest absolute Gasteiger partial charge is 0.105 e. The van der Waals surface area contributed by atoms with Crippen LogP contribution in [-0.2, 0) is 12.8 Å². The van der Waals surface area contributed by atoms with Gasteiger partial charge in [0.05, 0.1) is 0 Å². The first-order valence-corrected chi connectivity index (χ1v) is 15.6. The molecule has 174 valence electrons. The molecular formula is C30H44P2. The molecular weight excluding hydrogens is 422 g/mol. The van der Waals surface area contributed by atoms with E-state index in [4.69, 9.17) is 0 Å². The van der Waals surface area contributed by atoms with E-state index in [1.54, 1.807) is 22.0 Å². The molecule has 32 heavy (non-hydrogen) atoms. The van der Waals surface area contributed by atoms with Crippen molar-refractivity contribution in [3.05, 3.63) is 47.5 Å². The van der Waals surface area contributed by atoms with Gasteiger partial charge in [0.2, 0.25) is 0 Å². The number of rotatable bonds is 8. The van der Waals surface area contributed by atoms with Gasteiger partial charge in [0.1, 0.15) is 0 Å². The maximum Gasteiger partial charge on any atom is -0.00736 e. The first-order valence-electron chi connectivity index (χ1n) is 13.5. The van der Waals surface area contributed by atoms with Crippen molar-refractivity contribution in [1.29, 1.82) is 0 Å². The lowest BCUT2D eigenvalue weighted by molar-refractivity contribution is 0.487. The Kier molecular flexibility index (Phi) is 9.26. The Balaban J connectivity index is 1.81. The third-order valence-electron chi connectivity index (χ3n) is 7.76. The summed E-state index contributed by atoms with van der Waals surface area (Å²) in [5.41, 5.74) is 8.12. The van der Waals surface area contributed by atoms with Crippen molar-refractivity contribution in [3.63, 3.8) is 0 Å². The molecule has 2 fully saturated rings. The summed E-state index contributed by atoms with van der Waals surface area (Å²) in [7, 11) is 3.03. The third-order valence-corrected chi connectivity index (χ3v) is 11.8. The molecule has 2 saturated carbocycles. The van der Waals surface area contributed by atoms with E-state index in [-0.39, 0.29) is 7.92 Å². The Morgan fingerprint density at radius 1 is 0.781 bits per heavy atom. The first kappa shape index (κ1) is 24.4. The van der Waals surface area contributed by atoms with Gasteiger partial charge in [0.25, 0.3) is 0 Å². The number of hydrogen-bond acceptors (Lipinski definition) is 0. The van der Waals surface area contributed by atoms with Gasteiger partial charge in [-0.05, 0) is 82.7 Å². The number of benzene rings is 2. The second-order valence-electron chi connectivity index (χ2n) is 10.2. The Labute approximate surface area is 201 Å². The van der Waals surface area contributed by atoms with Crippen LogP contribution in [0.4, 0.5) is 0 Å². The van der Waals surface area contributed by atoms with Crippen molar-refractivity contribution in [2.24, 2.45) is 0 Å². The molecule has 0 radical (unpaired) electrons. The second-order valence-corrected chi connectivity index (χ2v) is 13.6. The minimum absolute atomic E-state index is 0.0942. The van der Waals surface area contributed by atoms with Crippen molar-refractivity contribution < 1.29 is 0 Å². The maximum absolute atomic E-state index is 3.13. The Bertz CT molecular complexity index is 841. The van der Waals surface area contributed by atoms with Gasteiger partial charge < -0.3 is 0 Å². The average molecular weight is 467 g/mol. The second kappa shape index (κ2) is 12.1. The maximum atomic E-state index is 3.13. The van der Waals surface area contributed by atoms with Gasteiger partial charge in [-0.2, -0.15) is 0 Å². The fourth-order valence-electron chi connectivity index (χ4n) is 6.34. The summed E-state index contributed by atoms with van der Waals surface area (Å²) in [5.74, 6) is 0. The van der Waals surface area contributed by atoms with Gasteiger partial charge in [0, 0.05) is 0 Å². The van der Waals surface area contributed by atoms with Crippen LogP contribution in [0.1, 0.15) is 102 Å². The predicted octanol–water partition coefficient (Wildman–Crippen LogP) is 8.53. The van der Waals surface area contributed by atoms with Crippen LogP contribution >= 0.6 is 17.2 Å². The van der Waals surface area contributed by atoms with E-state index in [1.165, 1.54) is 101 Å². The zero-order valence-corrected chi connectivity index (χ0v) is 22.6. The summed E-state index contributed by atoms with van der Waals surface area (Å²) in [4.78, 5) is 0. The molecule has 0 spiro atoms. The molecule has 0 amide bonds. The fourth-order valence-corrected chi connectivity index (χ4v) is 10.8. The van der Waals surface area contributed by atoms with Crippen molar-refractivity contribution >= 4 is 27.8 Å². The van der Waals surface area contributed by atoms with Crippen LogP contribution in [0.2, 0.25) is 0 Å². The molecule has 4 rings (SSSR count). The summed E-state index contributed by atoms with van der Waals surface area (Å²) in [6.07, 6.45) is 19.5. The highest BCUT2D eigenvalue weighted by Crippen LogP contribution is 2.56. The first-order chi connectivity index (χ1) is 15.7. The van der Waals surface area contributed by atoms with E-state index in [0.29, 0.717) is 0 Å². The molecule has 2 aliphatic rings. The predicted molar refractivity (Wildman–Crippen MR) is 150 cm³/mol.